The van der Waals surface area contributed by atoms with E-state index in [2.05, 4.69) is 5.32 Å². The van der Waals surface area contributed by atoms with Crippen molar-refractivity contribution >= 4 is 17.5 Å². The molecule has 1 saturated carbocycles. The van der Waals surface area contributed by atoms with Crippen LogP contribution >= 0.6 is 0 Å². The van der Waals surface area contributed by atoms with Crippen molar-refractivity contribution in [3.8, 4) is 5.75 Å². The number of furan rings is 1. The van der Waals surface area contributed by atoms with Crippen molar-refractivity contribution in [2.75, 3.05) is 26.0 Å². The van der Waals surface area contributed by atoms with Gasteiger partial charge >= 0.3 is 0 Å². The van der Waals surface area contributed by atoms with Crippen molar-refractivity contribution in [1.82, 2.24) is 4.90 Å². The molecule has 1 fully saturated rings. The van der Waals surface area contributed by atoms with Crippen LogP contribution in [0.3, 0.4) is 0 Å². The van der Waals surface area contributed by atoms with E-state index in [0.717, 1.165) is 12.2 Å². The molecule has 1 aliphatic rings. The van der Waals surface area contributed by atoms with E-state index in [4.69, 9.17) is 9.15 Å². The van der Waals surface area contributed by atoms with Gasteiger partial charge in [-0.15, -0.1) is 0 Å². The number of carbonyl (C=O) groups excluding carboxylic acids is 2. The predicted molar refractivity (Wildman–Crippen MR) is 93.8 cm³/mol. The normalized spacial score (nSPS) is 18.5. The van der Waals surface area contributed by atoms with Crippen LogP contribution in [0.1, 0.15) is 35.4 Å². The quantitative estimate of drug-likeness (QED) is 0.875. The molecule has 6 nitrogen and oxygen atoms in total. The average Bonchev–Trinajstić information content (AvgIpc) is 3.21. The van der Waals surface area contributed by atoms with Crippen molar-refractivity contribution in [3.63, 3.8) is 0 Å². The second-order valence-corrected chi connectivity index (χ2v) is 6.30. The number of benzene rings is 1. The Labute approximate surface area is 146 Å². The van der Waals surface area contributed by atoms with E-state index >= 15 is 0 Å². The predicted octanol–water partition coefficient (Wildman–Crippen LogP) is 3.12. The first-order chi connectivity index (χ1) is 12.0. The van der Waals surface area contributed by atoms with Gasteiger partial charge in [-0.25, -0.2) is 0 Å². The molecule has 1 heterocycles. The minimum Gasteiger partial charge on any atom is -0.492 e. The number of hydrogen-bond acceptors (Lipinski definition) is 4. The molecule has 0 bridgehead atoms. The third kappa shape index (κ3) is 3.68. The zero-order chi connectivity index (χ0) is 18.0. The molecule has 1 aromatic heterocycles. The molecule has 0 spiro atoms. The van der Waals surface area contributed by atoms with Crippen LogP contribution in [-0.4, -0.2) is 37.4 Å². The molecule has 0 aliphatic heterocycles. The molecule has 2 amide bonds. The van der Waals surface area contributed by atoms with E-state index in [1.807, 2.05) is 19.1 Å². The summed E-state index contributed by atoms with van der Waals surface area (Å²) < 4.78 is 11.0. The lowest BCUT2D eigenvalue weighted by Crippen LogP contribution is -2.22. The molecule has 6 heteroatoms. The highest BCUT2D eigenvalue weighted by molar-refractivity contribution is 5.98. The monoisotopic (exact) mass is 342 g/mol. The fraction of sp³-hybridized carbons (Fsp3) is 0.368. The van der Waals surface area contributed by atoms with Crippen LogP contribution < -0.4 is 10.1 Å². The number of amides is 2. The topological polar surface area (TPSA) is 71.8 Å². The van der Waals surface area contributed by atoms with Crippen LogP contribution in [0.4, 0.5) is 5.69 Å². The Morgan fingerprint density at radius 2 is 2.12 bits per heavy atom. The molecule has 2 atom stereocenters. The zero-order valence-corrected chi connectivity index (χ0v) is 14.6. The Morgan fingerprint density at radius 1 is 1.32 bits per heavy atom. The van der Waals surface area contributed by atoms with E-state index in [1.54, 1.807) is 38.6 Å². The lowest BCUT2D eigenvalue weighted by atomic mass is 10.1. The smallest absolute Gasteiger partial charge is 0.253 e. The summed E-state index contributed by atoms with van der Waals surface area (Å²) in [5, 5.41) is 2.91. The molecule has 1 N–H and O–H groups in total. The summed E-state index contributed by atoms with van der Waals surface area (Å²) in [7, 11) is 3.39. The maximum Gasteiger partial charge on any atom is 0.253 e. The fourth-order valence-corrected chi connectivity index (χ4v) is 2.82. The maximum atomic E-state index is 12.5. The van der Waals surface area contributed by atoms with Crippen LogP contribution in [0, 0.1) is 5.92 Å². The molecular formula is C19H22N2O4. The SMILES string of the molecule is CCOc1cc(C(=O)N(C)C)ccc1NC(=O)C1CC1c1ccco1. The number of nitrogens with one attached hydrogen (secondary N) is 1. The number of carbonyl (C=O) groups is 2. The van der Waals surface area contributed by atoms with Gasteiger partial charge in [0.2, 0.25) is 5.91 Å². The van der Waals surface area contributed by atoms with Gasteiger partial charge in [0.25, 0.3) is 5.91 Å². The van der Waals surface area contributed by atoms with E-state index < -0.39 is 0 Å². The van der Waals surface area contributed by atoms with Crippen molar-refractivity contribution in [2.24, 2.45) is 5.92 Å². The first kappa shape index (κ1) is 17.1. The first-order valence-corrected chi connectivity index (χ1v) is 8.34. The molecule has 2 aromatic rings. The molecule has 3 rings (SSSR count). The maximum absolute atomic E-state index is 12.5. The lowest BCUT2D eigenvalue weighted by molar-refractivity contribution is -0.117. The van der Waals surface area contributed by atoms with Crippen LogP contribution in [0.5, 0.6) is 5.75 Å². The van der Waals surface area contributed by atoms with E-state index in [1.165, 1.54) is 4.90 Å². The minimum atomic E-state index is -0.112. The summed E-state index contributed by atoms with van der Waals surface area (Å²) in [5.41, 5.74) is 1.10. The van der Waals surface area contributed by atoms with Crippen molar-refractivity contribution in [3.05, 3.63) is 47.9 Å². The Kier molecular flexibility index (Phi) is 4.79. The first-order valence-electron chi connectivity index (χ1n) is 8.34. The molecule has 2 unspecified atom stereocenters. The van der Waals surface area contributed by atoms with Gasteiger partial charge in [-0.1, -0.05) is 0 Å². The van der Waals surface area contributed by atoms with Gasteiger partial charge in [0.1, 0.15) is 11.5 Å². The molecule has 132 valence electrons. The van der Waals surface area contributed by atoms with Crippen LogP contribution in [0.2, 0.25) is 0 Å². The summed E-state index contributed by atoms with van der Waals surface area (Å²) in [4.78, 5) is 26.1. The Morgan fingerprint density at radius 3 is 2.76 bits per heavy atom. The molecule has 1 aromatic carbocycles. The second kappa shape index (κ2) is 7.01. The van der Waals surface area contributed by atoms with Crippen molar-refractivity contribution < 1.29 is 18.7 Å². The third-order valence-corrected chi connectivity index (χ3v) is 4.23. The summed E-state index contributed by atoms with van der Waals surface area (Å²) in [6, 6.07) is 8.79. The van der Waals surface area contributed by atoms with Crippen LogP contribution in [-0.2, 0) is 4.79 Å². The number of hydrogen-bond donors (Lipinski definition) is 1. The second-order valence-electron chi connectivity index (χ2n) is 6.30. The standard InChI is InChI=1S/C19H22N2O4/c1-4-24-17-10-12(19(23)21(2)3)7-8-15(17)20-18(22)14-11-13(14)16-6-5-9-25-16/h5-10,13-14H,4,11H2,1-3H3,(H,20,22). The number of rotatable bonds is 6. The minimum absolute atomic E-state index is 0.0611. The van der Waals surface area contributed by atoms with Crippen LogP contribution in [0.15, 0.2) is 41.0 Å². The largest absolute Gasteiger partial charge is 0.492 e. The molecule has 0 radical (unpaired) electrons. The lowest BCUT2D eigenvalue weighted by Gasteiger charge is -2.15. The number of ether oxygens (including phenoxy) is 1. The Hall–Kier alpha value is -2.76. The van der Waals surface area contributed by atoms with Gasteiger partial charge in [-0.3, -0.25) is 9.59 Å². The summed E-state index contributed by atoms with van der Waals surface area (Å²) in [5.74, 6) is 1.22. The number of nitrogens with zero attached hydrogens (tertiary/aromatic N) is 1. The molecule has 0 saturated heterocycles. The highest BCUT2D eigenvalue weighted by Gasteiger charge is 2.46. The zero-order valence-electron chi connectivity index (χ0n) is 14.6. The summed E-state index contributed by atoms with van der Waals surface area (Å²) >= 11 is 0. The Bertz CT molecular complexity index is 768. The van der Waals surface area contributed by atoms with Gasteiger partial charge in [0.15, 0.2) is 0 Å². The Balaban J connectivity index is 1.73. The molecule has 25 heavy (non-hydrogen) atoms. The van der Waals surface area contributed by atoms with E-state index in [-0.39, 0.29) is 23.7 Å². The molecular weight excluding hydrogens is 320 g/mol. The van der Waals surface area contributed by atoms with Gasteiger partial charge in [0, 0.05) is 31.5 Å². The summed E-state index contributed by atoms with van der Waals surface area (Å²) in [6.07, 6.45) is 2.40. The number of anilines is 1. The molecule has 1 aliphatic carbocycles. The van der Waals surface area contributed by atoms with Crippen molar-refractivity contribution in [1.29, 1.82) is 0 Å². The van der Waals surface area contributed by atoms with Gasteiger partial charge in [-0.2, -0.15) is 0 Å². The highest BCUT2D eigenvalue weighted by atomic mass is 16.5. The van der Waals surface area contributed by atoms with E-state index in [9.17, 15) is 9.59 Å². The fourth-order valence-electron chi connectivity index (χ4n) is 2.82. The van der Waals surface area contributed by atoms with Gasteiger partial charge < -0.3 is 19.4 Å². The van der Waals surface area contributed by atoms with Gasteiger partial charge in [0.05, 0.1) is 18.6 Å². The summed E-state index contributed by atoms with van der Waals surface area (Å²) in [6.45, 7) is 2.31. The highest BCUT2D eigenvalue weighted by Crippen LogP contribution is 2.48. The van der Waals surface area contributed by atoms with Crippen molar-refractivity contribution in [2.45, 2.75) is 19.3 Å². The van der Waals surface area contributed by atoms with Gasteiger partial charge in [-0.05, 0) is 43.7 Å². The average molecular weight is 342 g/mol. The third-order valence-electron chi connectivity index (χ3n) is 4.23. The van der Waals surface area contributed by atoms with Crippen LogP contribution in [0.25, 0.3) is 0 Å². The van der Waals surface area contributed by atoms with E-state index in [0.29, 0.717) is 23.6 Å².